The summed E-state index contributed by atoms with van der Waals surface area (Å²) >= 11 is 0. The molecule has 0 bridgehead atoms. The minimum absolute atomic E-state index is 0.0832. The Morgan fingerprint density at radius 1 is 1.33 bits per heavy atom. The number of anilines is 1. The molecule has 0 radical (unpaired) electrons. The Balaban J connectivity index is 1.94. The zero-order chi connectivity index (χ0) is 15.5. The van der Waals surface area contributed by atoms with Gasteiger partial charge in [0.25, 0.3) is 0 Å². The Kier molecular flexibility index (Phi) is 4.47. The predicted octanol–water partition coefficient (Wildman–Crippen LogP) is 1.81. The van der Waals surface area contributed by atoms with Crippen LogP contribution < -0.4 is 4.90 Å². The highest BCUT2D eigenvalue weighted by atomic mass is 16.5. The maximum Gasteiger partial charge on any atom is 0.329 e. The molecule has 6 nitrogen and oxygen atoms in total. The summed E-state index contributed by atoms with van der Waals surface area (Å²) in [5.74, 6) is -1.000. The molecule has 0 saturated carbocycles. The summed E-state index contributed by atoms with van der Waals surface area (Å²) < 4.78 is 5.31. The first-order chi connectivity index (χ1) is 9.95. The van der Waals surface area contributed by atoms with Crippen LogP contribution in [0.3, 0.4) is 0 Å². The number of carboxylic acid groups (broad SMARTS) is 1. The molecule has 21 heavy (non-hydrogen) atoms. The molecule has 1 aromatic carbocycles. The molecule has 6 heteroatoms. The van der Waals surface area contributed by atoms with Crippen molar-refractivity contribution in [2.45, 2.75) is 19.4 Å². The summed E-state index contributed by atoms with van der Waals surface area (Å²) in [6, 6.07) is 9.38. The van der Waals surface area contributed by atoms with Gasteiger partial charge < -0.3 is 14.7 Å². The molecule has 114 valence electrons. The van der Waals surface area contributed by atoms with Gasteiger partial charge in [-0.3, -0.25) is 4.90 Å². The summed E-state index contributed by atoms with van der Waals surface area (Å²) in [5.41, 5.74) is 0.287. The van der Waals surface area contributed by atoms with Gasteiger partial charge in [0.1, 0.15) is 12.2 Å². The molecule has 1 fully saturated rings. The van der Waals surface area contributed by atoms with Gasteiger partial charge in [0.2, 0.25) is 0 Å². The molecule has 0 atom stereocenters. The Morgan fingerprint density at radius 3 is 2.48 bits per heavy atom. The largest absolute Gasteiger partial charge is 0.480 e. The van der Waals surface area contributed by atoms with Crippen molar-refractivity contribution >= 4 is 17.7 Å². The van der Waals surface area contributed by atoms with Crippen molar-refractivity contribution in [3.05, 3.63) is 30.3 Å². The van der Waals surface area contributed by atoms with Crippen LogP contribution in [0.5, 0.6) is 0 Å². The molecule has 1 heterocycles. The van der Waals surface area contributed by atoms with Crippen LogP contribution in [0.25, 0.3) is 0 Å². The van der Waals surface area contributed by atoms with Gasteiger partial charge in [-0.1, -0.05) is 18.2 Å². The van der Waals surface area contributed by atoms with Gasteiger partial charge in [-0.25, -0.2) is 9.59 Å². The predicted molar refractivity (Wildman–Crippen MR) is 78.4 cm³/mol. The highest BCUT2D eigenvalue weighted by Crippen LogP contribution is 2.27. The van der Waals surface area contributed by atoms with Crippen molar-refractivity contribution in [2.24, 2.45) is 0 Å². The van der Waals surface area contributed by atoms with Gasteiger partial charge in [-0.2, -0.15) is 0 Å². The number of hydrogen-bond donors (Lipinski definition) is 1. The Labute approximate surface area is 123 Å². The maximum absolute atomic E-state index is 12.5. The second-order valence-corrected chi connectivity index (χ2v) is 5.35. The number of likely N-dealkylation sites (tertiary alicyclic amines) is 1. The SMILES string of the molecule is CCN(C(=O)N1CC(C)(OCC(=O)O)C1)c1ccccc1. The van der Waals surface area contributed by atoms with Gasteiger partial charge in [-0.15, -0.1) is 0 Å². The summed E-state index contributed by atoms with van der Waals surface area (Å²) in [6.07, 6.45) is 0. The Bertz CT molecular complexity index is 512. The molecule has 1 aliphatic rings. The van der Waals surface area contributed by atoms with Crippen molar-refractivity contribution in [1.82, 2.24) is 4.90 Å². The number of carbonyl (C=O) groups is 2. The number of aliphatic carboxylic acids is 1. The lowest BCUT2D eigenvalue weighted by Crippen LogP contribution is -2.65. The van der Waals surface area contributed by atoms with Crippen molar-refractivity contribution in [2.75, 3.05) is 31.1 Å². The third kappa shape index (κ3) is 3.52. The summed E-state index contributed by atoms with van der Waals surface area (Å²) in [5, 5.41) is 8.63. The first kappa shape index (κ1) is 15.3. The number of carboxylic acids is 1. The van der Waals surface area contributed by atoms with Gasteiger partial charge in [0.15, 0.2) is 0 Å². The number of urea groups is 1. The Hall–Kier alpha value is -2.08. The zero-order valence-corrected chi connectivity index (χ0v) is 12.3. The number of benzene rings is 1. The van der Waals surface area contributed by atoms with E-state index in [0.717, 1.165) is 5.69 Å². The minimum Gasteiger partial charge on any atom is -0.480 e. The molecular weight excluding hydrogens is 272 g/mol. The third-order valence-electron chi connectivity index (χ3n) is 3.48. The number of amides is 2. The number of carbonyl (C=O) groups excluding carboxylic acids is 1. The van der Waals surface area contributed by atoms with Crippen molar-refractivity contribution in [1.29, 1.82) is 0 Å². The van der Waals surface area contributed by atoms with E-state index in [1.165, 1.54) is 0 Å². The molecule has 1 aromatic rings. The average Bonchev–Trinajstić information content (AvgIpc) is 2.44. The van der Waals surface area contributed by atoms with Crippen LogP contribution in [0.4, 0.5) is 10.5 Å². The lowest BCUT2D eigenvalue weighted by Gasteiger charge is -2.48. The van der Waals surface area contributed by atoms with Crippen LogP contribution in [-0.4, -0.2) is 53.8 Å². The number of para-hydroxylation sites is 1. The van der Waals surface area contributed by atoms with E-state index in [9.17, 15) is 9.59 Å². The fourth-order valence-electron chi connectivity index (χ4n) is 2.43. The second-order valence-electron chi connectivity index (χ2n) is 5.35. The molecule has 2 rings (SSSR count). The zero-order valence-electron chi connectivity index (χ0n) is 12.3. The maximum atomic E-state index is 12.5. The van der Waals surface area contributed by atoms with E-state index in [0.29, 0.717) is 19.6 Å². The van der Waals surface area contributed by atoms with Gasteiger partial charge in [0.05, 0.1) is 13.1 Å². The highest BCUT2D eigenvalue weighted by Gasteiger charge is 2.44. The normalized spacial score (nSPS) is 16.2. The number of nitrogens with zero attached hydrogens (tertiary/aromatic N) is 2. The average molecular weight is 292 g/mol. The summed E-state index contributed by atoms with van der Waals surface area (Å²) in [7, 11) is 0. The van der Waals surface area contributed by atoms with Crippen LogP contribution in [-0.2, 0) is 9.53 Å². The summed E-state index contributed by atoms with van der Waals surface area (Å²) in [6.45, 7) is 4.79. The fraction of sp³-hybridized carbons (Fsp3) is 0.467. The van der Waals surface area contributed by atoms with Gasteiger partial charge >= 0.3 is 12.0 Å². The quantitative estimate of drug-likeness (QED) is 0.898. The smallest absolute Gasteiger partial charge is 0.329 e. The standard InChI is InChI=1S/C15H20N2O4/c1-3-17(12-7-5-4-6-8-12)14(20)16-10-15(2,11-16)21-9-13(18)19/h4-8H,3,9-11H2,1-2H3,(H,18,19). The molecule has 0 aromatic heterocycles. The lowest BCUT2D eigenvalue weighted by atomic mass is 9.97. The first-order valence-corrected chi connectivity index (χ1v) is 6.92. The highest BCUT2D eigenvalue weighted by molar-refractivity contribution is 5.92. The van der Waals surface area contributed by atoms with E-state index in [4.69, 9.17) is 9.84 Å². The van der Waals surface area contributed by atoms with E-state index < -0.39 is 11.6 Å². The molecule has 1 saturated heterocycles. The van der Waals surface area contributed by atoms with Crippen molar-refractivity contribution in [3.8, 4) is 0 Å². The molecule has 0 unspecified atom stereocenters. The molecule has 0 aliphatic carbocycles. The second kappa shape index (κ2) is 6.13. The van der Waals surface area contributed by atoms with E-state index in [-0.39, 0.29) is 12.6 Å². The molecular formula is C15H20N2O4. The fourth-order valence-corrected chi connectivity index (χ4v) is 2.43. The van der Waals surface area contributed by atoms with Gasteiger partial charge in [0, 0.05) is 12.2 Å². The number of hydrogen-bond acceptors (Lipinski definition) is 3. The molecule has 1 N–H and O–H groups in total. The topological polar surface area (TPSA) is 70.1 Å². The monoisotopic (exact) mass is 292 g/mol. The summed E-state index contributed by atoms with van der Waals surface area (Å²) in [4.78, 5) is 26.3. The van der Waals surface area contributed by atoms with E-state index >= 15 is 0 Å². The first-order valence-electron chi connectivity index (χ1n) is 6.92. The van der Waals surface area contributed by atoms with E-state index in [2.05, 4.69) is 0 Å². The van der Waals surface area contributed by atoms with Crippen molar-refractivity contribution in [3.63, 3.8) is 0 Å². The molecule has 2 amide bonds. The number of rotatable bonds is 5. The van der Waals surface area contributed by atoms with Crippen LogP contribution in [0.1, 0.15) is 13.8 Å². The minimum atomic E-state index is -1.000. The van der Waals surface area contributed by atoms with Gasteiger partial charge in [-0.05, 0) is 26.0 Å². The molecule has 0 spiro atoms. The lowest BCUT2D eigenvalue weighted by molar-refractivity contribution is -0.159. The Morgan fingerprint density at radius 2 is 1.95 bits per heavy atom. The van der Waals surface area contributed by atoms with Crippen molar-refractivity contribution < 1.29 is 19.4 Å². The van der Waals surface area contributed by atoms with Crippen LogP contribution >= 0.6 is 0 Å². The van der Waals surface area contributed by atoms with Crippen LogP contribution in [0, 0.1) is 0 Å². The van der Waals surface area contributed by atoms with Crippen LogP contribution in [0.15, 0.2) is 30.3 Å². The van der Waals surface area contributed by atoms with E-state index in [1.807, 2.05) is 44.2 Å². The number of ether oxygens (including phenoxy) is 1. The van der Waals surface area contributed by atoms with E-state index in [1.54, 1.807) is 9.80 Å². The molecule has 1 aliphatic heterocycles. The third-order valence-corrected chi connectivity index (χ3v) is 3.48. The van der Waals surface area contributed by atoms with Crippen LogP contribution in [0.2, 0.25) is 0 Å².